The van der Waals surface area contributed by atoms with Gasteiger partial charge in [-0.05, 0) is 53.8 Å². The zero-order valence-corrected chi connectivity index (χ0v) is 21.8. The van der Waals surface area contributed by atoms with E-state index in [0.717, 1.165) is 6.07 Å². The number of amides is 1. The Labute approximate surface area is 227 Å². The van der Waals surface area contributed by atoms with E-state index in [2.05, 4.69) is 10.2 Å². The van der Waals surface area contributed by atoms with Crippen LogP contribution in [0.1, 0.15) is 57.4 Å². The van der Waals surface area contributed by atoms with Gasteiger partial charge >= 0.3 is 6.18 Å². The minimum Gasteiger partial charge on any atom is -0.379 e. The van der Waals surface area contributed by atoms with E-state index in [9.17, 15) is 22.4 Å². The number of carbonyl (C=O) groups excluding carboxylic acids is 1. The van der Waals surface area contributed by atoms with Crippen molar-refractivity contribution in [3.05, 3.63) is 76.4 Å². The maximum atomic E-state index is 15.8. The van der Waals surface area contributed by atoms with Crippen molar-refractivity contribution in [3.8, 4) is 0 Å². The molecule has 12 heteroatoms. The number of ether oxygens (including phenoxy) is 1. The number of rotatable bonds is 6. The molecule has 0 aliphatic carbocycles. The fraction of sp³-hybridized carbons (Fsp3) is 0.464. The lowest BCUT2D eigenvalue weighted by Crippen LogP contribution is -2.50. The molecule has 0 N–H and O–H groups in total. The normalized spacial score (nSPS) is 20.4. The Bertz CT molecular complexity index is 1430. The van der Waals surface area contributed by atoms with Gasteiger partial charge in [-0.1, -0.05) is 12.1 Å². The van der Waals surface area contributed by atoms with Crippen molar-refractivity contribution >= 4 is 11.6 Å². The Hall–Kier alpha value is -3.38. The number of likely N-dealkylation sites (tertiary alicyclic amines) is 1. The molecule has 1 unspecified atom stereocenters. The van der Waals surface area contributed by atoms with Gasteiger partial charge in [0.15, 0.2) is 12.0 Å². The Morgan fingerprint density at radius 2 is 1.90 bits per heavy atom. The Balaban J connectivity index is 1.32. The molecular formula is C28H28F5N5O2. The van der Waals surface area contributed by atoms with Gasteiger partial charge in [0.25, 0.3) is 5.91 Å². The van der Waals surface area contributed by atoms with Crippen LogP contribution in [-0.2, 0) is 36.5 Å². The summed E-state index contributed by atoms with van der Waals surface area (Å²) in [7, 11) is 1.64. The second-order valence-corrected chi connectivity index (χ2v) is 10.9. The maximum absolute atomic E-state index is 15.8. The fourth-order valence-electron chi connectivity index (χ4n) is 5.87. The van der Waals surface area contributed by atoms with E-state index in [1.54, 1.807) is 31.3 Å². The second kappa shape index (κ2) is 9.91. The number of fused-ring (bicyclic) bond motifs is 1. The maximum Gasteiger partial charge on any atom is 0.416 e. The van der Waals surface area contributed by atoms with Crippen molar-refractivity contribution in [1.82, 2.24) is 19.7 Å². The van der Waals surface area contributed by atoms with Crippen LogP contribution in [0, 0.1) is 0 Å². The summed E-state index contributed by atoms with van der Waals surface area (Å²) in [6.07, 6.45) is -5.02. The number of benzene rings is 2. The summed E-state index contributed by atoms with van der Waals surface area (Å²) in [5.41, 5.74) is -0.704. The number of hydrogen-bond acceptors (Lipinski definition) is 5. The molecule has 6 rings (SSSR count). The number of halogens is 5. The van der Waals surface area contributed by atoms with E-state index in [1.807, 2.05) is 4.90 Å². The number of nitrogens with zero attached hydrogens (tertiary/aromatic N) is 5. The summed E-state index contributed by atoms with van der Waals surface area (Å²) in [6, 6.07) is 9.28. The molecule has 7 nitrogen and oxygen atoms in total. The number of carbonyl (C=O) groups is 1. The molecule has 3 aliphatic heterocycles. The number of piperidine rings is 1. The molecular weight excluding hydrogens is 533 g/mol. The Kier molecular flexibility index (Phi) is 6.65. The molecule has 3 aromatic rings. The lowest BCUT2D eigenvalue weighted by atomic mass is 9.74. The van der Waals surface area contributed by atoms with Gasteiger partial charge in [-0.3, -0.25) is 9.69 Å². The summed E-state index contributed by atoms with van der Waals surface area (Å²) < 4.78 is 78.8. The number of anilines is 1. The highest BCUT2D eigenvalue weighted by Crippen LogP contribution is 2.47. The number of aryl methyl sites for hydroxylation is 1. The first kappa shape index (κ1) is 26.8. The van der Waals surface area contributed by atoms with Crippen molar-refractivity contribution in [1.29, 1.82) is 0 Å². The zero-order valence-electron chi connectivity index (χ0n) is 21.8. The summed E-state index contributed by atoms with van der Waals surface area (Å²) in [6.45, 7) is 1.00. The lowest BCUT2D eigenvalue weighted by Gasteiger charge is -2.43. The van der Waals surface area contributed by atoms with Crippen LogP contribution in [-0.4, -0.2) is 58.0 Å². The van der Waals surface area contributed by atoms with Crippen LogP contribution in [0.15, 0.2) is 42.7 Å². The molecule has 0 spiro atoms. The first-order valence-electron chi connectivity index (χ1n) is 13.1. The lowest BCUT2D eigenvalue weighted by molar-refractivity contribution is -0.138. The van der Waals surface area contributed by atoms with Crippen molar-refractivity contribution in [2.75, 3.05) is 31.2 Å². The first-order valence-corrected chi connectivity index (χ1v) is 13.1. The summed E-state index contributed by atoms with van der Waals surface area (Å²) >= 11 is 0. The monoisotopic (exact) mass is 561 g/mol. The van der Waals surface area contributed by atoms with Crippen LogP contribution >= 0.6 is 0 Å². The molecule has 212 valence electrons. The van der Waals surface area contributed by atoms with E-state index >= 15 is 4.39 Å². The Morgan fingerprint density at radius 3 is 2.52 bits per heavy atom. The van der Waals surface area contributed by atoms with E-state index in [-0.39, 0.29) is 43.3 Å². The summed E-state index contributed by atoms with van der Waals surface area (Å²) in [5.74, 6) is -0.414. The minimum absolute atomic E-state index is 0.000232. The van der Waals surface area contributed by atoms with Gasteiger partial charge in [0, 0.05) is 37.9 Å². The molecule has 0 saturated carbocycles. The minimum atomic E-state index is -4.66. The topological polar surface area (TPSA) is 63.5 Å². The highest BCUT2D eigenvalue weighted by atomic mass is 19.4. The van der Waals surface area contributed by atoms with Gasteiger partial charge in [-0.2, -0.15) is 13.2 Å². The molecule has 1 atom stereocenters. The van der Waals surface area contributed by atoms with Crippen LogP contribution in [0.2, 0.25) is 0 Å². The molecule has 3 aliphatic rings. The highest BCUT2D eigenvalue weighted by Gasteiger charge is 2.51. The van der Waals surface area contributed by atoms with Crippen molar-refractivity contribution < 1.29 is 31.5 Å². The number of aromatic nitrogens is 3. The third-order valence-electron chi connectivity index (χ3n) is 8.24. The van der Waals surface area contributed by atoms with Crippen LogP contribution in [0.5, 0.6) is 0 Å². The Morgan fingerprint density at radius 1 is 1.15 bits per heavy atom. The van der Waals surface area contributed by atoms with Crippen molar-refractivity contribution in [2.24, 2.45) is 7.05 Å². The van der Waals surface area contributed by atoms with Crippen LogP contribution in [0.4, 0.5) is 27.6 Å². The van der Waals surface area contributed by atoms with Gasteiger partial charge < -0.3 is 14.2 Å². The molecule has 1 amide bonds. The largest absolute Gasteiger partial charge is 0.416 e. The average Bonchev–Trinajstić information content (AvgIpc) is 3.47. The van der Waals surface area contributed by atoms with E-state index in [4.69, 9.17) is 4.74 Å². The predicted octanol–water partition coefficient (Wildman–Crippen LogP) is 4.91. The molecule has 0 radical (unpaired) electrons. The third kappa shape index (κ3) is 4.56. The fourth-order valence-corrected chi connectivity index (χ4v) is 5.87. The molecule has 4 heterocycles. The predicted molar refractivity (Wildman–Crippen MR) is 135 cm³/mol. The van der Waals surface area contributed by atoms with Gasteiger partial charge in [0.05, 0.1) is 30.7 Å². The smallest absolute Gasteiger partial charge is 0.379 e. The SMILES string of the molecule is Cn1cnnc1C(F)C1(c2cccc(N3Cc4c(cc(CN5CCC(F)CC5)cc4C(F)(F)F)C3=O)c2)COC1. The zero-order chi connectivity index (χ0) is 28.2. The van der Waals surface area contributed by atoms with Gasteiger partial charge in [0.1, 0.15) is 12.5 Å². The second-order valence-electron chi connectivity index (χ2n) is 10.9. The van der Waals surface area contributed by atoms with E-state index in [1.165, 1.54) is 21.9 Å². The summed E-state index contributed by atoms with van der Waals surface area (Å²) in [5, 5.41) is 7.67. The van der Waals surface area contributed by atoms with E-state index < -0.39 is 35.4 Å². The van der Waals surface area contributed by atoms with Crippen LogP contribution in [0.3, 0.4) is 0 Å². The first-order chi connectivity index (χ1) is 19.1. The highest BCUT2D eigenvalue weighted by molar-refractivity contribution is 6.10. The molecule has 2 fully saturated rings. The molecule has 0 bridgehead atoms. The van der Waals surface area contributed by atoms with Gasteiger partial charge in [-0.15, -0.1) is 10.2 Å². The molecule has 2 aromatic carbocycles. The van der Waals surface area contributed by atoms with E-state index in [0.29, 0.717) is 42.7 Å². The number of alkyl halides is 5. The quantitative estimate of drug-likeness (QED) is 0.401. The van der Waals surface area contributed by atoms with Crippen molar-refractivity contribution in [2.45, 2.75) is 49.9 Å². The average molecular weight is 562 g/mol. The standard InChI is InChI=1S/C28H28F5N5O2/c1-36-16-34-35-25(36)24(30)27(14-40-15-27)18-3-2-4-20(11-18)38-13-22-21(26(38)39)9-17(10-23(22)28(31,32)33)12-37-7-5-19(29)6-8-37/h2-4,9-11,16,19,24H,5-8,12-15H2,1H3. The van der Waals surface area contributed by atoms with Gasteiger partial charge in [0.2, 0.25) is 0 Å². The van der Waals surface area contributed by atoms with Gasteiger partial charge in [-0.25, -0.2) is 8.78 Å². The van der Waals surface area contributed by atoms with Crippen molar-refractivity contribution in [3.63, 3.8) is 0 Å². The molecule has 40 heavy (non-hydrogen) atoms. The van der Waals surface area contributed by atoms with Crippen LogP contribution in [0.25, 0.3) is 0 Å². The third-order valence-corrected chi connectivity index (χ3v) is 8.24. The molecule has 2 saturated heterocycles. The number of hydrogen-bond donors (Lipinski definition) is 0. The summed E-state index contributed by atoms with van der Waals surface area (Å²) in [4.78, 5) is 16.8. The molecule has 1 aromatic heterocycles. The van der Waals surface area contributed by atoms with Crippen LogP contribution < -0.4 is 4.90 Å².